The highest BCUT2D eigenvalue weighted by atomic mass is 16.5. The molecule has 8 aromatic rings. The Balaban J connectivity index is 1.01. The summed E-state index contributed by atoms with van der Waals surface area (Å²) in [6.07, 6.45) is 13.6. The van der Waals surface area contributed by atoms with E-state index in [9.17, 15) is 0 Å². The number of ether oxygens (including phenoxy) is 1. The van der Waals surface area contributed by atoms with Crippen LogP contribution in [0.25, 0.3) is 83.9 Å². The first-order valence-corrected chi connectivity index (χ1v) is 19.9. The van der Waals surface area contributed by atoms with E-state index in [0.717, 1.165) is 61.9 Å². The van der Waals surface area contributed by atoms with Gasteiger partial charge in [-0.05, 0) is 76.6 Å². The van der Waals surface area contributed by atoms with E-state index in [-0.39, 0.29) is 11.5 Å². The minimum atomic E-state index is 0.0485. The van der Waals surface area contributed by atoms with Crippen LogP contribution in [-0.4, -0.2) is 21.1 Å². The Morgan fingerprint density at radius 2 is 1.23 bits per heavy atom. The predicted molar refractivity (Wildman–Crippen MR) is 224 cm³/mol. The summed E-state index contributed by atoms with van der Waals surface area (Å²) in [5, 5.41) is 2.16. The zero-order valence-electron chi connectivity index (χ0n) is 30.8. The van der Waals surface area contributed by atoms with E-state index >= 15 is 0 Å². The minimum Gasteiger partial charge on any atom is -0.485 e. The normalized spacial score (nSPS) is 17.4. The van der Waals surface area contributed by atoms with Gasteiger partial charge in [-0.1, -0.05) is 135 Å². The molecule has 0 amide bonds. The molecule has 5 nitrogen and oxygen atoms in total. The Hall–Kier alpha value is -6.59. The molecule has 3 heterocycles. The summed E-state index contributed by atoms with van der Waals surface area (Å²) in [7, 11) is 0. The number of hydrogen-bond donors (Lipinski definition) is 0. The van der Waals surface area contributed by atoms with Crippen molar-refractivity contribution in [2.24, 2.45) is 0 Å². The monoisotopic (exact) mass is 723 g/mol. The Bertz CT molecular complexity index is 2980. The number of furan rings is 1. The van der Waals surface area contributed by atoms with Crippen LogP contribution < -0.4 is 4.74 Å². The van der Waals surface area contributed by atoms with E-state index < -0.39 is 0 Å². The molecule has 1 unspecified atom stereocenters. The summed E-state index contributed by atoms with van der Waals surface area (Å²) in [6, 6.07) is 45.5. The summed E-state index contributed by atoms with van der Waals surface area (Å²) in [4.78, 5) is 15.5. The second-order valence-electron chi connectivity index (χ2n) is 15.7. The summed E-state index contributed by atoms with van der Waals surface area (Å²) in [5.74, 6) is 2.68. The summed E-state index contributed by atoms with van der Waals surface area (Å²) in [5.41, 5.74) is 15.0. The van der Waals surface area contributed by atoms with Gasteiger partial charge in [0.25, 0.3) is 0 Å². The molecule has 0 N–H and O–H groups in total. The molecule has 1 atom stereocenters. The third-order valence-corrected chi connectivity index (χ3v) is 12.6. The van der Waals surface area contributed by atoms with Crippen LogP contribution in [0.3, 0.4) is 0 Å². The number of nitrogens with zero attached hydrogens (tertiary/aromatic N) is 3. The number of rotatable bonds is 4. The number of benzene rings is 6. The van der Waals surface area contributed by atoms with Crippen LogP contribution >= 0.6 is 0 Å². The third kappa shape index (κ3) is 4.76. The zero-order chi connectivity index (χ0) is 36.8. The maximum atomic E-state index is 6.44. The lowest BCUT2D eigenvalue weighted by molar-refractivity contribution is 0.279. The van der Waals surface area contributed by atoms with E-state index in [2.05, 4.69) is 127 Å². The molecule has 3 aliphatic carbocycles. The number of aromatic nitrogens is 3. The second-order valence-corrected chi connectivity index (χ2v) is 15.7. The lowest BCUT2D eigenvalue weighted by Crippen LogP contribution is -2.27. The molecule has 1 fully saturated rings. The van der Waals surface area contributed by atoms with E-state index in [1.54, 1.807) is 0 Å². The standard InChI is InChI=1S/C51H37N3O2/c1-8-26-51(27-9-1)41-18-5-2-16-40(41)47-35(17-11-19-42(47)51)31-12-10-13-32(28-31)48-52-49(33-22-24-38-36-14-3-6-20-43(36)55-45(38)29-33)54-50(53-48)34-23-25-39-37-15-4-7-21-44(37)56-46(39)30-34/h2-7,10-20,22-25,28-30,44H,1,8-9,21,26-27H2. The van der Waals surface area contributed by atoms with Crippen molar-refractivity contribution < 1.29 is 9.15 Å². The first kappa shape index (κ1) is 31.7. The fourth-order valence-corrected chi connectivity index (χ4v) is 10.0. The Morgan fingerprint density at radius 1 is 0.536 bits per heavy atom. The van der Waals surface area contributed by atoms with Crippen LogP contribution in [0.1, 0.15) is 55.2 Å². The first-order chi connectivity index (χ1) is 27.7. The van der Waals surface area contributed by atoms with Gasteiger partial charge in [-0.15, -0.1) is 0 Å². The van der Waals surface area contributed by atoms with Gasteiger partial charge in [0, 0.05) is 50.4 Å². The van der Waals surface area contributed by atoms with Gasteiger partial charge >= 0.3 is 0 Å². The molecule has 6 aromatic carbocycles. The topological polar surface area (TPSA) is 61.0 Å². The highest BCUT2D eigenvalue weighted by Gasteiger charge is 2.44. The van der Waals surface area contributed by atoms with Crippen molar-refractivity contribution in [3.05, 3.63) is 162 Å². The van der Waals surface area contributed by atoms with Gasteiger partial charge in [-0.25, -0.2) is 15.0 Å². The van der Waals surface area contributed by atoms with Crippen LogP contribution in [0.5, 0.6) is 5.75 Å². The summed E-state index contributed by atoms with van der Waals surface area (Å²) >= 11 is 0. The van der Waals surface area contributed by atoms with Crippen LogP contribution in [0.2, 0.25) is 0 Å². The quantitative estimate of drug-likeness (QED) is 0.181. The lowest BCUT2D eigenvalue weighted by atomic mass is 9.68. The third-order valence-electron chi connectivity index (χ3n) is 12.6. The van der Waals surface area contributed by atoms with Crippen molar-refractivity contribution in [2.75, 3.05) is 0 Å². The average Bonchev–Trinajstić information content (AvgIpc) is 3.91. The molecule has 268 valence electrons. The van der Waals surface area contributed by atoms with Gasteiger partial charge in [0.2, 0.25) is 0 Å². The Labute approximate surface area is 325 Å². The predicted octanol–water partition coefficient (Wildman–Crippen LogP) is 12.8. The summed E-state index contributed by atoms with van der Waals surface area (Å²) < 4.78 is 12.8. The van der Waals surface area contributed by atoms with Gasteiger partial charge in [-0.2, -0.15) is 0 Å². The molecule has 12 rings (SSSR count). The molecule has 0 bridgehead atoms. The average molecular weight is 724 g/mol. The van der Waals surface area contributed by atoms with Gasteiger partial charge in [0.1, 0.15) is 23.0 Å². The highest BCUT2D eigenvalue weighted by Crippen LogP contribution is 2.58. The van der Waals surface area contributed by atoms with Crippen molar-refractivity contribution in [1.82, 2.24) is 15.0 Å². The number of fused-ring (bicyclic) bond motifs is 11. The lowest BCUT2D eigenvalue weighted by Gasteiger charge is -2.36. The highest BCUT2D eigenvalue weighted by molar-refractivity contribution is 6.05. The molecular formula is C51H37N3O2. The minimum absolute atomic E-state index is 0.0485. The second kappa shape index (κ2) is 12.2. The van der Waals surface area contributed by atoms with Gasteiger partial charge in [0.15, 0.2) is 17.5 Å². The first-order valence-electron chi connectivity index (χ1n) is 19.9. The van der Waals surface area contributed by atoms with E-state index in [1.165, 1.54) is 65.5 Å². The van der Waals surface area contributed by atoms with Gasteiger partial charge in [0.05, 0.1) is 0 Å². The van der Waals surface area contributed by atoms with Crippen LogP contribution in [0.15, 0.2) is 150 Å². The molecule has 1 spiro atoms. The maximum Gasteiger partial charge on any atom is 0.164 e. The largest absolute Gasteiger partial charge is 0.485 e. The van der Waals surface area contributed by atoms with E-state index in [0.29, 0.717) is 17.5 Å². The molecule has 5 heteroatoms. The molecule has 0 saturated heterocycles. The number of hydrogen-bond acceptors (Lipinski definition) is 5. The van der Waals surface area contributed by atoms with Crippen molar-refractivity contribution in [3.63, 3.8) is 0 Å². The maximum absolute atomic E-state index is 6.44. The number of para-hydroxylation sites is 1. The molecule has 0 radical (unpaired) electrons. The molecule has 4 aliphatic rings. The fraction of sp³-hybridized carbons (Fsp3) is 0.157. The number of allylic oxidation sites excluding steroid dienone is 2. The zero-order valence-corrected chi connectivity index (χ0v) is 30.8. The van der Waals surface area contributed by atoms with Crippen LogP contribution in [-0.2, 0) is 5.41 Å². The molecule has 1 aliphatic heterocycles. The molecule has 56 heavy (non-hydrogen) atoms. The molecular weight excluding hydrogens is 687 g/mol. The fourth-order valence-electron chi connectivity index (χ4n) is 10.0. The Morgan fingerprint density at radius 3 is 2.12 bits per heavy atom. The molecule has 2 aromatic heterocycles. The SMILES string of the molecule is C1=CCC2Oc3cc(-c4nc(-c5cccc(-c6cccc7c6-c6ccccc6C76CCCCC6)c5)nc(-c5ccc6c(c5)oc5ccccc56)n4)ccc3C2=C1. The smallest absolute Gasteiger partial charge is 0.164 e. The van der Waals surface area contributed by atoms with E-state index in [1.807, 2.05) is 18.2 Å². The van der Waals surface area contributed by atoms with Crippen molar-refractivity contribution in [3.8, 4) is 62.2 Å². The van der Waals surface area contributed by atoms with Crippen LogP contribution in [0.4, 0.5) is 0 Å². The van der Waals surface area contributed by atoms with Crippen LogP contribution in [0, 0.1) is 0 Å². The van der Waals surface area contributed by atoms with Crippen molar-refractivity contribution >= 4 is 27.5 Å². The Kier molecular flexibility index (Phi) is 6.92. The summed E-state index contributed by atoms with van der Waals surface area (Å²) in [6.45, 7) is 0. The van der Waals surface area contributed by atoms with Gasteiger partial charge < -0.3 is 9.15 Å². The van der Waals surface area contributed by atoms with Crippen molar-refractivity contribution in [2.45, 2.75) is 50.0 Å². The molecule has 1 saturated carbocycles. The van der Waals surface area contributed by atoms with E-state index in [4.69, 9.17) is 24.1 Å². The van der Waals surface area contributed by atoms with Crippen molar-refractivity contribution in [1.29, 1.82) is 0 Å². The van der Waals surface area contributed by atoms with Gasteiger partial charge in [-0.3, -0.25) is 0 Å².